The van der Waals surface area contributed by atoms with Gasteiger partial charge in [-0.1, -0.05) is 6.42 Å². The molecule has 2 heterocycles. The van der Waals surface area contributed by atoms with Gasteiger partial charge in [0.25, 0.3) is 0 Å². The van der Waals surface area contributed by atoms with E-state index in [1.165, 1.54) is 6.42 Å². The molecule has 6 heteroatoms. The fraction of sp³-hybridized carbons (Fsp3) is 0.846. The summed E-state index contributed by atoms with van der Waals surface area (Å²) in [6.45, 7) is 2.50. The summed E-state index contributed by atoms with van der Waals surface area (Å²) in [4.78, 5) is 25.1. The van der Waals surface area contributed by atoms with E-state index in [2.05, 4.69) is 5.32 Å². The van der Waals surface area contributed by atoms with Crippen LogP contribution in [0.2, 0.25) is 0 Å². The Hall–Kier alpha value is -0.810. The number of carbonyl (C=O) groups excluding carboxylic acids is 2. The van der Waals surface area contributed by atoms with Gasteiger partial charge in [0.05, 0.1) is 6.04 Å². The fourth-order valence-electron chi connectivity index (χ4n) is 2.92. The van der Waals surface area contributed by atoms with Crippen LogP contribution < -0.4 is 11.1 Å². The smallest absolute Gasteiger partial charge is 0.239 e. The SMILES string of the molecule is Cl.NC(=O)CC1CCN(C(=O)[C@@H]2CCCCN2)CC1. The maximum absolute atomic E-state index is 12.3. The van der Waals surface area contributed by atoms with E-state index < -0.39 is 0 Å². The molecule has 0 aromatic heterocycles. The van der Waals surface area contributed by atoms with Crippen molar-refractivity contribution < 1.29 is 9.59 Å². The Morgan fingerprint density at radius 3 is 2.37 bits per heavy atom. The monoisotopic (exact) mass is 289 g/mol. The second-order valence-corrected chi connectivity index (χ2v) is 5.44. The van der Waals surface area contributed by atoms with Gasteiger partial charge >= 0.3 is 0 Å². The van der Waals surface area contributed by atoms with Gasteiger partial charge in [0.2, 0.25) is 11.8 Å². The number of hydrogen-bond acceptors (Lipinski definition) is 3. The van der Waals surface area contributed by atoms with E-state index in [1.807, 2.05) is 4.90 Å². The molecule has 2 aliphatic heterocycles. The third-order valence-electron chi connectivity index (χ3n) is 4.02. The van der Waals surface area contributed by atoms with Crippen molar-refractivity contribution in [3.63, 3.8) is 0 Å². The number of nitrogens with zero attached hydrogens (tertiary/aromatic N) is 1. The molecular formula is C13H24ClN3O2. The second kappa shape index (κ2) is 7.70. The van der Waals surface area contributed by atoms with Crippen LogP contribution in [0.25, 0.3) is 0 Å². The first kappa shape index (κ1) is 16.2. The summed E-state index contributed by atoms with van der Waals surface area (Å²) < 4.78 is 0. The van der Waals surface area contributed by atoms with Crippen LogP contribution in [0.15, 0.2) is 0 Å². The molecule has 1 atom stereocenters. The minimum absolute atomic E-state index is 0. The molecule has 2 saturated heterocycles. The highest BCUT2D eigenvalue weighted by molar-refractivity contribution is 5.85. The predicted molar refractivity (Wildman–Crippen MR) is 76.0 cm³/mol. The minimum Gasteiger partial charge on any atom is -0.370 e. The van der Waals surface area contributed by atoms with Gasteiger partial charge < -0.3 is 16.0 Å². The average molecular weight is 290 g/mol. The maximum atomic E-state index is 12.3. The Morgan fingerprint density at radius 2 is 1.84 bits per heavy atom. The number of amides is 2. The van der Waals surface area contributed by atoms with Crippen molar-refractivity contribution in [2.75, 3.05) is 19.6 Å². The largest absolute Gasteiger partial charge is 0.370 e. The van der Waals surface area contributed by atoms with Crippen molar-refractivity contribution >= 4 is 24.2 Å². The lowest BCUT2D eigenvalue weighted by molar-refractivity contribution is -0.135. The topological polar surface area (TPSA) is 75.4 Å². The Labute approximate surface area is 120 Å². The van der Waals surface area contributed by atoms with Crippen molar-refractivity contribution in [2.45, 2.75) is 44.6 Å². The first-order valence-electron chi connectivity index (χ1n) is 6.97. The third-order valence-corrected chi connectivity index (χ3v) is 4.02. The van der Waals surface area contributed by atoms with Gasteiger partial charge in [0.1, 0.15) is 0 Å². The lowest BCUT2D eigenvalue weighted by atomic mass is 9.92. The molecule has 2 amide bonds. The number of halogens is 1. The zero-order valence-electron chi connectivity index (χ0n) is 11.3. The zero-order chi connectivity index (χ0) is 13.0. The summed E-state index contributed by atoms with van der Waals surface area (Å²) in [5.74, 6) is 0.381. The number of hydrogen-bond donors (Lipinski definition) is 2. The van der Waals surface area contributed by atoms with Gasteiger partial charge in [0, 0.05) is 19.5 Å². The van der Waals surface area contributed by atoms with E-state index >= 15 is 0 Å². The van der Waals surface area contributed by atoms with Crippen molar-refractivity contribution in [1.82, 2.24) is 10.2 Å². The molecule has 0 spiro atoms. The average Bonchev–Trinajstić information content (AvgIpc) is 2.39. The number of nitrogens with two attached hydrogens (primary N) is 1. The van der Waals surface area contributed by atoms with Gasteiger partial charge in [-0.25, -0.2) is 0 Å². The normalized spacial score (nSPS) is 24.6. The quantitative estimate of drug-likeness (QED) is 0.802. The molecule has 0 radical (unpaired) electrons. The molecule has 2 aliphatic rings. The van der Waals surface area contributed by atoms with Crippen LogP contribution in [-0.4, -0.2) is 42.4 Å². The lowest BCUT2D eigenvalue weighted by Gasteiger charge is -2.35. The molecule has 3 N–H and O–H groups in total. The molecule has 5 nitrogen and oxygen atoms in total. The highest BCUT2D eigenvalue weighted by Gasteiger charge is 2.29. The first-order chi connectivity index (χ1) is 8.66. The van der Waals surface area contributed by atoms with E-state index in [9.17, 15) is 9.59 Å². The van der Waals surface area contributed by atoms with Gasteiger partial charge in [0.15, 0.2) is 0 Å². The molecule has 0 bridgehead atoms. The van der Waals surface area contributed by atoms with Crippen LogP contribution in [0.4, 0.5) is 0 Å². The predicted octanol–water partition coefficient (Wildman–Crippen LogP) is 0.664. The number of rotatable bonds is 3. The van der Waals surface area contributed by atoms with Crippen LogP contribution >= 0.6 is 12.4 Å². The molecule has 110 valence electrons. The third kappa shape index (κ3) is 4.66. The Kier molecular flexibility index (Phi) is 6.58. The summed E-state index contributed by atoms with van der Waals surface area (Å²) in [6, 6.07) is 0.0199. The molecule has 0 unspecified atom stereocenters. The van der Waals surface area contributed by atoms with Gasteiger partial charge in [-0.2, -0.15) is 0 Å². The van der Waals surface area contributed by atoms with Crippen molar-refractivity contribution in [2.24, 2.45) is 11.7 Å². The summed E-state index contributed by atoms with van der Waals surface area (Å²) >= 11 is 0. The molecule has 0 aromatic rings. The van der Waals surface area contributed by atoms with Crippen LogP contribution in [0.5, 0.6) is 0 Å². The highest BCUT2D eigenvalue weighted by atomic mass is 35.5. The molecule has 19 heavy (non-hydrogen) atoms. The van der Waals surface area contributed by atoms with Crippen LogP contribution in [-0.2, 0) is 9.59 Å². The minimum atomic E-state index is -0.228. The molecule has 0 aromatic carbocycles. The van der Waals surface area contributed by atoms with Crippen molar-refractivity contribution in [1.29, 1.82) is 0 Å². The molecular weight excluding hydrogens is 266 g/mol. The molecule has 0 saturated carbocycles. The number of primary amides is 1. The summed E-state index contributed by atoms with van der Waals surface area (Å²) in [5.41, 5.74) is 5.21. The molecule has 0 aliphatic carbocycles. The molecule has 2 fully saturated rings. The number of carbonyl (C=O) groups is 2. The number of piperidine rings is 2. The Morgan fingerprint density at radius 1 is 1.16 bits per heavy atom. The first-order valence-corrected chi connectivity index (χ1v) is 6.97. The summed E-state index contributed by atoms with van der Waals surface area (Å²) in [5, 5.41) is 3.29. The van der Waals surface area contributed by atoms with E-state index in [1.54, 1.807) is 0 Å². The van der Waals surface area contributed by atoms with E-state index in [4.69, 9.17) is 5.73 Å². The van der Waals surface area contributed by atoms with Gasteiger partial charge in [-0.15, -0.1) is 12.4 Å². The standard InChI is InChI=1S/C13H23N3O2.ClH/c14-12(17)9-10-4-7-16(8-5-10)13(18)11-3-1-2-6-15-11;/h10-11,15H,1-9H2,(H2,14,17);1H/t11-;/m0./s1. The van der Waals surface area contributed by atoms with E-state index in [-0.39, 0.29) is 30.3 Å². The van der Waals surface area contributed by atoms with Crippen LogP contribution in [0, 0.1) is 5.92 Å². The second-order valence-electron chi connectivity index (χ2n) is 5.44. The fourth-order valence-corrected chi connectivity index (χ4v) is 2.92. The summed E-state index contributed by atoms with van der Waals surface area (Å²) in [7, 11) is 0. The highest BCUT2D eigenvalue weighted by Crippen LogP contribution is 2.21. The van der Waals surface area contributed by atoms with Gasteiger partial charge in [-0.05, 0) is 38.1 Å². The Balaban J connectivity index is 0.00000180. The van der Waals surface area contributed by atoms with Crippen LogP contribution in [0.3, 0.4) is 0 Å². The van der Waals surface area contributed by atoms with Crippen molar-refractivity contribution in [3.8, 4) is 0 Å². The van der Waals surface area contributed by atoms with Crippen LogP contribution in [0.1, 0.15) is 38.5 Å². The zero-order valence-corrected chi connectivity index (χ0v) is 12.1. The Bertz CT molecular complexity index is 311. The summed E-state index contributed by atoms with van der Waals surface area (Å²) in [6.07, 6.45) is 5.54. The number of nitrogens with one attached hydrogen (secondary N) is 1. The van der Waals surface area contributed by atoms with E-state index in [0.29, 0.717) is 12.3 Å². The lowest BCUT2D eigenvalue weighted by Crippen LogP contribution is -2.50. The number of likely N-dealkylation sites (tertiary alicyclic amines) is 1. The van der Waals surface area contributed by atoms with Gasteiger partial charge in [-0.3, -0.25) is 9.59 Å². The van der Waals surface area contributed by atoms with Crippen molar-refractivity contribution in [3.05, 3.63) is 0 Å². The van der Waals surface area contributed by atoms with E-state index in [0.717, 1.165) is 45.3 Å². The molecule has 2 rings (SSSR count). The maximum Gasteiger partial charge on any atom is 0.239 e.